The van der Waals surface area contributed by atoms with Crippen LogP contribution in [0.1, 0.15) is 42.3 Å². The largest absolute Gasteiger partial charge is 0.450 e. The first-order valence-electron chi connectivity index (χ1n) is 7.94. The number of piperazine rings is 1. The van der Waals surface area contributed by atoms with Gasteiger partial charge in [-0.15, -0.1) is 15.3 Å². The number of aromatic nitrogens is 4. The quantitative estimate of drug-likeness (QED) is 0.825. The van der Waals surface area contributed by atoms with Gasteiger partial charge in [-0.2, -0.15) is 4.52 Å². The second-order valence-electron chi connectivity index (χ2n) is 5.79. The van der Waals surface area contributed by atoms with Crippen LogP contribution in [-0.4, -0.2) is 74.4 Å². The van der Waals surface area contributed by atoms with Gasteiger partial charge in [0.15, 0.2) is 5.82 Å². The number of nitrogens with zero attached hydrogens (tertiary/aromatic N) is 6. The molecule has 24 heavy (non-hydrogen) atoms. The van der Waals surface area contributed by atoms with Crippen molar-refractivity contribution < 1.29 is 14.3 Å². The smallest absolute Gasteiger partial charge is 0.409 e. The Morgan fingerprint density at radius 2 is 1.83 bits per heavy atom. The van der Waals surface area contributed by atoms with Crippen molar-refractivity contribution in [1.29, 1.82) is 0 Å². The van der Waals surface area contributed by atoms with E-state index in [0.29, 0.717) is 42.8 Å². The Hall–Kier alpha value is -2.23. The molecule has 3 heterocycles. The molecule has 0 bridgehead atoms. The van der Waals surface area contributed by atoms with Crippen molar-refractivity contribution in [2.45, 2.75) is 26.7 Å². The summed E-state index contributed by atoms with van der Waals surface area (Å²) in [4.78, 5) is 28.3. The van der Waals surface area contributed by atoms with Crippen LogP contribution in [0.25, 0.3) is 4.96 Å². The second kappa shape index (κ2) is 6.71. The fourth-order valence-electron chi connectivity index (χ4n) is 2.52. The van der Waals surface area contributed by atoms with Gasteiger partial charge in [-0.3, -0.25) is 4.79 Å². The SMILES string of the molecule is CCOC(=O)N1CCN(C(=O)c2nn3c(C(C)C)nnc3s2)CC1. The minimum absolute atomic E-state index is 0.135. The fraction of sp³-hybridized carbons (Fsp3) is 0.643. The van der Waals surface area contributed by atoms with Crippen LogP contribution in [0.3, 0.4) is 0 Å². The van der Waals surface area contributed by atoms with Crippen LogP contribution in [0.5, 0.6) is 0 Å². The topological polar surface area (TPSA) is 92.9 Å². The standard InChI is InChI=1S/C14H20N6O3S/c1-4-23-14(22)19-7-5-18(6-8-19)12(21)11-17-20-10(9(2)3)15-16-13(20)24-11/h9H,4-8H2,1-3H3. The number of hydrogen-bond donors (Lipinski definition) is 0. The lowest BCUT2D eigenvalue weighted by Crippen LogP contribution is -2.50. The highest BCUT2D eigenvalue weighted by molar-refractivity contribution is 7.18. The molecule has 3 rings (SSSR count). The molecule has 0 spiro atoms. The van der Waals surface area contributed by atoms with Gasteiger partial charge in [-0.1, -0.05) is 25.2 Å². The first-order chi connectivity index (χ1) is 11.5. The van der Waals surface area contributed by atoms with Crippen molar-refractivity contribution in [3.8, 4) is 0 Å². The Morgan fingerprint density at radius 3 is 2.46 bits per heavy atom. The highest BCUT2D eigenvalue weighted by Crippen LogP contribution is 2.20. The van der Waals surface area contributed by atoms with E-state index in [1.54, 1.807) is 21.2 Å². The van der Waals surface area contributed by atoms with Crippen LogP contribution in [0.15, 0.2) is 0 Å². The summed E-state index contributed by atoms with van der Waals surface area (Å²) in [6, 6.07) is 0. The molecule has 0 atom stereocenters. The van der Waals surface area contributed by atoms with Crippen molar-refractivity contribution >= 4 is 28.3 Å². The molecule has 0 saturated carbocycles. The Labute approximate surface area is 143 Å². The molecule has 0 aliphatic carbocycles. The molecule has 1 aliphatic heterocycles. The van der Waals surface area contributed by atoms with Gasteiger partial charge in [-0.05, 0) is 6.92 Å². The van der Waals surface area contributed by atoms with Gasteiger partial charge in [0.25, 0.3) is 5.91 Å². The van der Waals surface area contributed by atoms with E-state index in [4.69, 9.17) is 4.74 Å². The number of carbonyl (C=O) groups is 2. The number of hydrogen-bond acceptors (Lipinski definition) is 7. The monoisotopic (exact) mass is 352 g/mol. The number of amides is 2. The number of rotatable bonds is 3. The Morgan fingerprint density at radius 1 is 1.17 bits per heavy atom. The van der Waals surface area contributed by atoms with E-state index in [0.717, 1.165) is 5.82 Å². The molecule has 0 aromatic carbocycles. The Bertz CT molecular complexity index is 747. The maximum absolute atomic E-state index is 12.6. The normalized spacial score (nSPS) is 15.3. The summed E-state index contributed by atoms with van der Waals surface area (Å²) in [5, 5.41) is 12.9. The first-order valence-corrected chi connectivity index (χ1v) is 8.76. The number of carbonyl (C=O) groups excluding carboxylic acids is 2. The highest BCUT2D eigenvalue weighted by atomic mass is 32.1. The third kappa shape index (κ3) is 3.05. The van der Waals surface area contributed by atoms with Crippen molar-refractivity contribution in [1.82, 2.24) is 29.6 Å². The van der Waals surface area contributed by atoms with E-state index in [9.17, 15) is 9.59 Å². The molecule has 0 radical (unpaired) electrons. The zero-order valence-corrected chi connectivity index (χ0v) is 14.7. The van der Waals surface area contributed by atoms with Gasteiger partial charge < -0.3 is 14.5 Å². The van der Waals surface area contributed by atoms with Gasteiger partial charge in [0, 0.05) is 32.1 Å². The predicted octanol–water partition coefficient (Wildman–Crippen LogP) is 1.22. The third-order valence-electron chi connectivity index (χ3n) is 3.81. The zero-order chi connectivity index (χ0) is 17.3. The van der Waals surface area contributed by atoms with Crippen LogP contribution in [0.2, 0.25) is 0 Å². The lowest BCUT2D eigenvalue weighted by atomic mass is 10.2. The van der Waals surface area contributed by atoms with E-state index >= 15 is 0 Å². The van der Waals surface area contributed by atoms with E-state index in [1.165, 1.54) is 11.3 Å². The molecule has 130 valence electrons. The van der Waals surface area contributed by atoms with Crippen molar-refractivity contribution in [3.63, 3.8) is 0 Å². The second-order valence-corrected chi connectivity index (χ2v) is 6.75. The fourth-order valence-corrected chi connectivity index (χ4v) is 3.33. The summed E-state index contributed by atoms with van der Waals surface area (Å²) < 4.78 is 6.62. The van der Waals surface area contributed by atoms with Gasteiger partial charge in [-0.25, -0.2) is 4.79 Å². The van der Waals surface area contributed by atoms with Crippen LogP contribution in [-0.2, 0) is 4.74 Å². The summed E-state index contributed by atoms with van der Waals surface area (Å²) in [5.74, 6) is 0.786. The third-order valence-corrected chi connectivity index (χ3v) is 4.69. The Balaban J connectivity index is 1.68. The van der Waals surface area contributed by atoms with Crippen LogP contribution in [0, 0.1) is 0 Å². The predicted molar refractivity (Wildman–Crippen MR) is 87.2 cm³/mol. The molecule has 1 saturated heterocycles. The van der Waals surface area contributed by atoms with Gasteiger partial charge in [0.1, 0.15) is 0 Å². The molecule has 0 unspecified atom stereocenters. The first kappa shape index (κ1) is 16.6. The molecule has 1 aliphatic rings. The summed E-state index contributed by atoms with van der Waals surface area (Å²) in [6.45, 7) is 8.00. The maximum atomic E-state index is 12.6. The van der Waals surface area contributed by atoms with Crippen molar-refractivity contribution in [2.24, 2.45) is 0 Å². The minimum atomic E-state index is -0.329. The molecular weight excluding hydrogens is 332 g/mol. The highest BCUT2D eigenvalue weighted by Gasteiger charge is 2.28. The lowest BCUT2D eigenvalue weighted by Gasteiger charge is -2.33. The molecule has 9 nitrogen and oxygen atoms in total. The summed E-state index contributed by atoms with van der Waals surface area (Å²) in [6.07, 6.45) is -0.329. The molecular formula is C14H20N6O3S. The van der Waals surface area contributed by atoms with Crippen LogP contribution >= 0.6 is 11.3 Å². The molecule has 1 fully saturated rings. The average molecular weight is 352 g/mol. The van der Waals surface area contributed by atoms with Crippen LogP contribution in [0.4, 0.5) is 4.79 Å². The van der Waals surface area contributed by atoms with Gasteiger partial charge in [0.05, 0.1) is 6.61 Å². The minimum Gasteiger partial charge on any atom is -0.450 e. The summed E-state index contributed by atoms with van der Waals surface area (Å²) in [5.41, 5.74) is 0. The maximum Gasteiger partial charge on any atom is 0.409 e. The lowest BCUT2D eigenvalue weighted by molar-refractivity contribution is 0.0569. The van der Waals surface area contributed by atoms with Crippen LogP contribution < -0.4 is 0 Å². The average Bonchev–Trinajstić information content (AvgIpc) is 3.14. The van der Waals surface area contributed by atoms with Crippen molar-refractivity contribution in [2.75, 3.05) is 32.8 Å². The molecule has 2 aromatic heterocycles. The Kier molecular flexibility index (Phi) is 4.65. The molecule has 2 amide bonds. The summed E-state index contributed by atoms with van der Waals surface area (Å²) >= 11 is 1.23. The van der Waals surface area contributed by atoms with Crippen molar-refractivity contribution in [3.05, 3.63) is 10.8 Å². The summed E-state index contributed by atoms with van der Waals surface area (Å²) in [7, 11) is 0. The van der Waals surface area contributed by atoms with E-state index in [1.807, 2.05) is 13.8 Å². The van der Waals surface area contributed by atoms with Gasteiger partial charge >= 0.3 is 6.09 Å². The van der Waals surface area contributed by atoms with Gasteiger partial charge in [0.2, 0.25) is 9.97 Å². The van der Waals surface area contributed by atoms with E-state index < -0.39 is 0 Å². The van der Waals surface area contributed by atoms with E-state index in [2.05, 4.69) is 15.3 Å². The molecule has 10 heteroatoms. The number of ether oxygens (including phenoxy) is 1. The molecule has 0 N–H and O–H groups in total. The van der Waals surface area contributed by atoms with E-state index in [-0.39, 0.29) is 17.9 Å². The number of fused-ring (bicyclic) bond motifs is 1. The zero-order valence-electron chi connectivity index (χ0n) is 13.9. The molecule has 2 aromatic rings.